The van der Waals surface area contributed by atoms with Crippen LogP contribution in [0.4, 0.5) is 0 Å². The predicted octanol–water partition coefficient (Wildman–Crippen LogP) is 2.31. The first kappa shape index (κ1) is 23.6. The molecule has 0 radical (unpaired) electrons. The highest BCUT2D eigenvalue weighted by Gasteiger charge is 2.44. The molecule has 6 atom stereocenters. The van der Waals surface area contributed by atoms with Crippen LogP contribution in [0.1, 0.15) is 33.8 Å². The van der Waals surface area contributed by atoms with Gasteiger partial charge in [0.05, 0.1) is 16.9 Å². The van der Waals surface area contributed by atoms with Crippen molar-refractivity contribution in [3.8, 4) is 5.75 Å². The van der Waals surface area contributed by atoms with Crippen LogP contribution in [-0.4, -0.2) is 63.7 Å². The Balaban J connectivity index is 1.59. The maximum atomic E-state index is 12.5. The van der Waals surface area contributed by atoms with Crippen molar-refractivity contribution in [3.05, 3.63) is 64.5 Å². The second kappa shape index (κ2) is 9.76. The summed E-state index contributed by atoms with van der Waals surface area (Å²) in [6, 6.07) is 14.2. The van der Waals surface area contributed by atoms with Gasteiger partial charge < -0.3 is 34.6 Å². The number of aliphatic hydroxyl groups is 4. The Hall–Kier alpha value is -2.53. The van der Waals surface area contributed by atoms with Crippen molar-refractivity contribution in [2.75, 3.05) is 6.61 Å². The minimum Gasteiger partial charge on any atom is -0.460 e. The molecule has 1 aromatic heterocycles. The van der Waals surface area contributed by atoms with Crippen molar-refractivity contribution in [2.45, 2.75) is 50.7 Å². The third-order valence-electron chi connectivity index (χ3n) is 5.63. The van der Waals surface area contributed by atoms with Gasteiger partial charge in [-0.1, -0.05) is 24.3 Å². The van der Waals surface area contributed by atoms with Crippen LogP contribution >= 0.6 is 11.3 Å². The van der Waals surface area contributed by atoms with Gasteiger partial charge in [-0.2, -0.15) is 0 Å². The van der Waals surface area contributed by atoms with Crippen LogP contribution in [-0.2, 0) is 9.47 Å². The van der Waals surface area contributed by atoms with Gasteiger partial charge in [-0.05, 0) is 38.1 Å². The van der Waals surface area contributed by atoms with Crippen molar-refractivity contribution in [3.63, 3.8) is 0 Å². The molecule has 9 heteroatoms. The van der Waals surface area contributed by atoms with Gasteiger partial charge in [-0.15, -0.1) is 11.3 Å². The molecule has 0 bridgehead atoms. The van der Waals surface area contributed by atoms with Crippen LogP contribution in [0.2, 0.25) is 0 Å². The minimum atomic E-state index is -1.53. The van der Waals surface area contributed by atoms with Gasteiger partial charge in [0.1, 0.15) is 36.3 Å². The highest BCUT2D eigenvalue weighted by atomic mass is 32.1. The summed E-state index contributed by atoms with van der Waals surface area (Å²) >= 11 is 1.46. The zero-order valence-corrected chi connectivity index (χ0v) is 18.9. The van der Waals surface area contributed by atoms with Crippen LogP contribution in [0, 0.1) is 6.92 Å². The third kappa shape index (κ3) is 4.74. The zero-order chi connectivity index (χ0) is 23.7. The molecule has 8 nitrogen and oxygen atoms in total. The Bertz CT molecular complexity index is 1110. The van der Waals surface area contributed by atoms with E-state index in [0.717, 1.165) is 20.5 Å². The van der Waals surface area contributed by atoms with E-state index < -0.39 is 49.4 Å². The number of benzene rings is 2. The lowest BCUT2D eigenvalue weighted by molar-refractivity contribution is -0.277. The molecule has 1 unspecified atom stereocenters. The first-order chi connectivity index (χ1) is 15.8. The molecule has 2 heterocycles. The molecule has 3 aromatic rings. The molecule has 1 aliphatic heterocycles. The van der Waals surface area contributed by atoms with Crippen LogP contribution in [0.3, 0.4) is 0 Å². The number of carbonyl (C=O) groups is 1. The number of aliphatic hydroxyl groups excluding tert-OH is 4. The molecule has 33 heavy (non-hydrogen) atoms. The van der Waals surface area contributed by atoms with Gasteiger partial charge >= 0.3 is 5.97 Å². The number of hydrogen-bond donors (Lipinski definition) is 4. The number of thiophene rings is 1. The molecule has 0 aliphatic carbocycles. The summed E-state index contributed by atoms with van der Waals surface area (Å²) in [4.78, 5) is 13.5. The molecule has 4 rings (SSSR count). The van der Waals surface area contributed by atoms with E-state index in [1.165, 1.54) is 11.3 Å². The van der Waals surface area contributed by atoms with Crippen LogP contribution in [0.15, 0.2) is 48.5 Å². The highest BCUT2D eigenvalue weighted by molar-refractivity contribution is 7.19. The molecule has 176 valence electrons. The van der Waals surface area contributed by atoms with E-state index in [-0.39, 0.29) is 0 Å². The second-order valence-electron chi connectivity index (χ2n) is 7.98. The topological polar surface area (TPSA) is 126 Å². The average Bonchev–Trinajstić information content (AvgIpc) is 3.21. The number of hydrogen-bond acceptors (Lipinski definition) is 9. The lowest BCUT2D eigenvalue weighted by atomic mass is 9.99. The first-order valence-electron chi connectivity index (χ1n) is 10.6. The van der Waals surface area contributed by atoms with Gasteiger partial charge in [0.2, 0.25) is 6.29 Å². The average molecular weight is 475 g/mol. The van der Waals surface area contributed by atoms with Crippen LogP contribution in [0.5, 0.6) is 5.75 Å². The van der Waals surface area contributed by atoms with E-state index in [1.54, 1.807) is 43.3 Å². The molecular formula is C24H26O8S. The number of carbonyl (C=O) groups excluding carboxylic acids is 1. The Morgan fingerprint density at radius 2 is 1.82 bits per heavy atom. The van der Waals surface area contributed by atoms with Crippen molar-refractivity contribution < 1.29 is 39.4 Å². The van der Waals surface area contributed by atoms with E-state index in [9.17, 15) is 25.2 Å². The molecule has 1 saturated heterocycles. The van der Waals surface area contributed by atoms with Crippen molar-refractivity contribution in [2.24, 2.45) is 0 Å². The first-order valence-corrected chi connectivity index (χ1v) is 11.4. The van der Waals surface area contributed by atoms with Gasteiger partial charge in [-0.25, -0.2) is 4.79 Å². The Morgan fingerprint density at radius 1 is 1.09 bits per heavy atom. The SMILES string of the molecule is Cc1cc2c(C(C)OC(=O)c3ccccc3)ccc(O[C@@H]3O[C@H](CO)[C@H](O)[C@H](O)[C@H]3O)c2s1. The molecule has 0 spiro atoms. The molecule has 0 saturated carbocycles. The van der Waals surface area contributed by atoms with Gasteiger partial charge in [0, 0.05) is 15.8 Å². The lowest BCUT2D eigenvalue weighted by Crippen LogP contribution is -2.60. The van der Waals surface area contributed by atoms with E-state index in [1.807, 2.05) is 19.1 Å². The zero-order valence-electron chi connectivity index (χ0n) is 18.1. The number of esters is 1. The molecule has 1 aliphatic rings. The van der Waals surface area contributed by atoms with Crippen molar-refractivity contribution in [1.82, 2.24) is 0 Å². The summed E-state index contributed by atoms with van der Waals surface area (Å²) in [7, 11) is 0. The fourth-order valence-electron chi connectivity index (χ4n) is 3.85. The third-order valence-corrected chi connectivity index (χ3v) is 6.69. The fraction of sp³-hybridized carbons (Fsp3) is 0.375. The summed E-state index contributed by atoms with van der Waals surface area (Å²) in [6.07, 6.45) is -7.38. The molecule has 2 aromatic carbocycles. The summed E-state index contributed by atoms with van der Waals surface area (Å²) in [5.41, 5.74) is 1.25. The standard InChI is InChI=1S/C24H26O8S/c1-12-10-16-15(13(2)30-23(29)14-6-4-3-5-7-14)8-9-17(22(16)33-12)31-24-21(28)20(27)19(26)18(11-25)32-24/h3-10,13,18-21,24-28H,11H2,1-2H3/t13?,18-,19+,20+,21-,24-/m1/s1. The van der Waals surface area contributed by atoms with E-state index in [0.29, 0.717) is 11.3 Å². The van der Waals surface area contributed by atoms with Gasteiger partial charge in [0.15, 0.2) is 0 Å². The molecule has 0 amide bonds. The van der Waals surface area contributed by atoms with E-state index >= 15 is 0 Å². The number of fused-ring (bicyclic) bond motifs is 1. The summed E-state index contributed by atoms with van der Waals surface area (Å²) < 4.78 is 17.8. The summed E-state index contributed by atoms with van der Waals surface area (Å²) in [6.45, 7) is 3.19. The van der Waals surface area contributed by atoms with Gasteiger partial charge in [0.25, 0.3) is 0 Å². The molecule has 4 N–H and O–H groups in total. The number of rotatable bonds is 6. The highest BCUT2D eigenvalue weighted by Crippen LogP contribution is 2.40. The quantitative estimate of drug-likeness (QED) is 0.401. The van der Waals surface area contributed by atoms with Gasteiger partial charge in [-0.3, -0.25) is 0 Å². The normalized spacial score (nSPS) is 26.2. The van der Waals surface area contributed by atoms with Crippen LogP contribution in [0.25, 0.3) is 10.1 Å². The number of ether oxygens (including phenoxy) is 3. The lowest BCUT2D eigenvalue weighted by Gasteiger charge is -2.39. The maximum absolute atomic E-state index is 12.5. The van der Waals surface area contributed by atoms with E-state index in [4.69, 9.17) is 14.2 Å². The monoisotopic (exact) mass is 474 g/mol. The van der Waals surface area contributed by atoms with E-state index in [2.05, 4.69) is 0 Å². The summed E-state index contributed by atoms with van der Waals surface area (Å²) in [5.74, 6) is -0.0254. The van der Waals surface area contributed by atoms with Crippen LogP contribution < -0.4 is 4.74 Å². The predicted molar refractivity (Wildman–Crippen MR) is 121 cm³/mol. The summed E-state index contributed by atoms with van der Waals surface area (Å²) in [5, 5.41) is 40.6. The smallest absolute Gasteiger partial charge is 0.338 e. The van der Waals surface area contributed by atoms with Crippen molar-refractivity contribution >= 4 is 27.4 Å². The Morgan fingerprint density at radius 3 is 2.52 bits per heavy atom. The Kier molecular flexibility index (Phi) is 6.99. The number of aryl methyl sites for hydroxylation is 1. The maximum Gasteiger partial charge on any atom is 0.338 e. The molecular weight excluding hydrogens is 448 g/mol. The minimum absolute atomic E-state index is 0.401. The largest absolute Gasteiger partial charge is 0.460 e. The fourth-order valence-corrected chi connectivity index (χ4v) is 4.85. The molecule has 1 fully saturated rings. The Labute approximate surface area is 194 Å². The van der Waals surface area contributed by atoms with Crippen molar-refractivity contribution in [1.29, 1.82) is 0 Å². The second-order valence-corrected chi connectivity index (χ2v) is 9.24.